The van der Waals surface area contributed by atoms with Crippen molar-refractivity contribution >= 4 is 63.2 Å². The van der Waals surface area contributed by atoms with Gasteiger partial charge in [0, 0.05) is 88.0 Å². The fourth-order valence-corrected chi connectivity index (χ4v) is 15.5. The number of anilines is 1. The van der Waals surface area contributed by atoms with E-state index in [4.69, 9.17) is 0 Å². The van der Waals surface area contributed by atoms with Crippen molar-refractivity contribution in [2.24, 2.45) is 36.6 Å². The van der Waals surface area contributed by atoms with Crippen molar-refractivity contribution in [3.05, 3.63) is 339 Å². The first-order valence-corrected chi connectivity index (χ1v) is 53.3. The molecule has 0 bridgehead atoms. The minimum absolute atomic E-state index is 0.0938. The fourth-order valence-electron chi connectivity index (χ4n) is 14.6. The molecule has 2 amide bonds. The summed E-state index contributed by atoms with van der Waals surface area (Å²) in [7, 11) is 0. The third-order valence-electron chi connectivity index (χ3n) is 24.0. The van der Waals surface area contributed by atoms with Crippen LogP contribution >= 0.6 is 11.3 Å². The molecule has 4 aliphatic heterocycles. The van der Waals surface area contributed by atoms with Crippen molar-refractivity contribution in [1.82, 2.24) is 40.0 Å². The number of hydrogen-bond donors (Lipinski definition) is 3. The van der Waals surface area contributed by atoms with Gasteiger partial charge in [-0.3, -0.25) is 34.6 Å². The fraction of sp³-hybridized carbons (Fsp3) is 0.492. The minimum Gasteiger partial charge on any atom is -0.342 e. The van der Waals surface area contributed by atoms with Gasteiger partial charge in [-0.05, 0) is 210 Å². The Morgan fingerprint density at radius 2 is 0.938 bits per heavy atom. The van der Waals surface area contributed by atoms with Crippen molar-refractivity contribution in [2.45, 2.75) is 378 Å². The Bertz CT molecular complexity index is 5460. The van der Waals surface area contributed by atoms with E-state index in [1.54, 1.807) is 11.3 Å². The van der Waals surface area contributed by atoms with Crippen molar-refractivity contribution in [1.29, 1.82) is 0 Å². The molecule has 0 spiro atoms. The number of para-hydroxylation sites is 2. The van der Waals surface area contributed by atoms with Gasteiger partial charge in [0.2, 0.25) is 11.8 Å². The highest BCUT2D eigenvalue weighted by Gasteiger charge is 2.28. The maximum absolute atomic E-state index is 11.1. The van der Waals surface area contributed by atoms with E-state index in [0.717, 1.165) is 90.8 Å². The van der Waals surface area contributed by atoms with Gasteiger partial charge in [-0.25, -0.2) is 15.0 Å². The number of aliphatic imine (C=N–C) groups is 3. The lowest BCUT2D eigenvalue weighted by atomic mass is 9.83. The summed E-state index contributed by atoms with van der Waals surface area (Å²) in [6.45, 7) is 94.4. The van der Waals surface area contributed by atoms with Crippen LogP contribution in [0.2, 0.25) is 0 Å². The zero-order valence-electron chi connectivity index (χ0n) is 97.9. The van der Waals surface area contributed by atoms with Crippen LogP contribution in [0.15, 0.2) is 281 Å². The number of amidine groups is 1. The van der Waals surface area contributed by atoms with E-state index in [1.165, 1.54) is 73.3 Å². The van der Waals surface area contributed by atoms with Crippen LogP contribution in [0.25, 0.3) is 16.6 Å². The summed E-state index contributed by atoms with van der Waals surface area (Å²) in [6.07, 6.45) is 26.8. The predicted octanol–water partition coefficient (Wildman–Crippen LogP) is 34.7. The summed E-state index contributed by atoms with van der Waals surface area (Å²) in [5, 5.41) is 13.8. The molecular weight excluding hydrogens is 1790 g/mol. The van der Waals surface area contributed by atoms with Crippen LogP contribution in [0, 0.1) is 28.6 Å². The maximum atomic E-state index is 11.1. The second-order valence-corrected chi connectivity index (χ2v) is 52.3. The molecule has 15 heteroatoms. The number of amides is 2. The summed E-state index contributed by atoms with van der Waals surface area (Å²) in [4.78, 5) is 56.8. The Morgan fingerprint density at radius 1 is 0.421 bits per heavy atom. The summed E-state index contributed by atoms with van der Waals surface area (Å²) >= 11 is 1.77. The van der Waals surface area contributed by atoms with Crippen LogP contribution in [0.5, 0.6) is 0 Å². The quantitative estimate of drug-likeness (QED) is 0.146. The molecule has 0 radical (unpaired) electrons. The van der Waals surface area contributed by atoms with Gasteiger partial charge >= 0.3 is 0 Å². The van der Waals surface area contributed by atoms with Crippen LogP contribution in [-0.4, -0.2) is 95.3 Å². The Labute approximate surface area is 884 Å². The van der Waals surface area contributed by atoms with Crippen LogP contribution in [-0.2, 0) is 71.2 Å². The minimum atomic E-state index is 0.0938. The monoisotopic (exact) mass is 1980 g/mol. The van der Waals surface area contributed by atoms with Crippen LogP contribution in [0.1, 0.15) is 376 Å². The van der Waals surface area contributed by atoms with E-state index in [9.17, 15) is 9.59 Å². The summed E-state index contributed by atoms with van der Waals surface area (Å²) in [5.41, 5.74) is 25.1. The number of rotatable bonds is 1. The lowest BCUT2D eigenvalue weighted by Crippen LogP contribution is -2.31. The molecule has 3 N–H and O–H groups in total. The SMILES string of the molecule is CC(C)(C)C1=CCC=C1.CC(C)(C)C1=CCc2ccccc21.CC(C)(C)C1=NCC=C1.CC(C)(C)C1=NCC=N1.CC(C)(C)c1ccc2c(c1)NC(=O)C2.CC(C)(C)c1ccccc1.CC(C)(C)c1ccccc1.CC(C)(C)c1ccccn1.CC(C)(C)c1ccncc1.CC(C)(C)c1ccsc1.CC(C)(C)c1nc2ccccc2[nH]1.CC(C)(C)c1ncn[nH]1.CC(C)N1CCCC1=O.Cc1ccc(C(C)(C)C)cc1. The zero-order chi connectivity index (χ0) is 110. The number of nitrogens with zero attached hydrogens (tertiary/aromatic N) is 9. The molecule has 145 heavy (non-hydrogen) atoms. The smallest absolute Gasteiger partial charge is 0.228 e. The molecule has 788 valence electrons. The van der Waals surface area contributed by atoms with Crippen molar-refractivity contribution in [2.75, 3.05) is 25.0 Å². The van der Waals surface area contributed by atoms with Crippen LogP contribution < -0.4 is 5.32 Å². The van der Waals surface area contributed by atoms with Gasteiger partial charge in [0.05, 0.1) is 30.5 Å². The van der Waals surface area contributed by atoms with Gasteiger partial charge in [0.25, 0.3) is 0 Å². The van der Waals surface area contributed by atoms with Crippen LogP contribution in [0.3, 0.4) is 0 Å². The second-order valence-electron chi connectivity index (χ2n) is 51.5. The average molecular weight is 1990 g/mol. The van der Waals surface area contributed by atoms with Crippen molar-refractivity contribution < 1.29 is 9.59 Å². The number of aromatic amines is 2. The highest BCUT2D eigenvalue weighted by molar-refractivity contribution is 7.08. The topological polar surface area (TPSA) is 183 Å². The van der Waals surface area contributed by atoms with Gasteiger partial charge in [-0.1, -0.05) is 445 Å². The summed E-state index contributed by atoms with van der Waals surface area (Å²) in [6, 6.07) is 65.6. The number of hydrogen-bond acceptors (Lipinski definition) is 11. The van der Waals surface area contributed by atoms with E-state index in [-0.39, 0.29) is 54.6 Å². The molecule has 9 heterocycles. The highest BCUT2D eigenvalue weighted by Crippen LogP contribution is 2.41. The van der Waals surface area contributed by atoms with Gasteiger partial charge in [0.1, 0.15) is 23.8 Å². The first-order valence-electron chi connectivity index (χ1n) is 52.3. The number of carbonyl (C=O) groups is 2. The van der Waals surface area contributed by atoms with Crippen molar-refractivity contribution in [3.8, 4) is 0 Å². The Morgan fingerprint density at radius 3 is 1.29 bits per heavy atom. The number of carbonyl (C=O) groups excluding carboxylic acids is 2. The van der Waals surface area contributed by atoms with Gasteiger partial charge < -0.3 is 15.2 Å². The third kappa shape index (κ3) is 47.9. The molecule has 14 nitrogen and oxygen atoms in total. The molecule has 0 saturated carbocycles. The number of aryl methyl sites for hydroxylation is 1. The first kappa shape index (κ1) is 126. The van der Waals surface area contributed by atoms with Crippen molar-refractivity contribution in [3.63, 3.8) is 0 Å². The van der Waals surface area contributed by atoms with E-state index in [1.807, 2.05) is 66.1 Å². The summed E-state index contributed by atoms with van der Waals surface area (Å²) < 4.78 is 0. The number of aromatic nitrogens is 7. The molecule has 0 unspecified atom stereocenters. The Hall–Kier alpha value is -11.2. The second kappa shape index (κ2) is 56.1. The number of fused-ring (bicyclic) bond motifs is 3. The molecule has 1 fully saturated rings. The molecule has 5 aromatic heterocycles. The molecule has 6 aromatic carbocycles. The van der Waals surface area contributed by atoms with E-state index < -0.39 is 0 Å². The summed E-state index contributed by atoms with van der Waals surface area (Å²) in [5.74, 6) is 3.38. The number of benzene rings is 6. The van der Waals surface area contributed by atoms with Gasteiger partial charge in [-0.2, -0.15) is 16.4 Å². The molecular formula is C130H190N12O2S. The number of imidazole rings is 1. The Balaban J connectivity index is 0.000000326. The highest BCUT2D eigenvalue weighted by atomic mass is 32.1. The number of likely N-dealkylation sites (tertiary alicyclic amines) is 1. The number of allylic oxidation sites excluding steroid dienone is 7. The first-order chi connectivity index (χ1) is 66.8. The molecule has 0 atom stereocenters. The lowest BCUT2D eigenvalue weighted by Gasteiger charge is -2.21. The zero-order valence-corrected chi connectivity index (χ0v) is 98.7. The molecule has 1 saturated heterocycles. The molecule has 2 aliphatic carbocycles. The maximum Gasteiger partial charge on any atom is 0.228 e. The Kier molecular flexibility index (Phi) is 48.8. The number of thiophene rings is 1. The number of pyridine rings is 2. The van der Waals surface area contributed by atoms with E-state index >= 15 is 0 Å². The predicted molar refractivity (Wildman–Crippen MR) is 633 cm³/mol. The largest absolute Gasteiger partial charge is 0.342 e. The normalized spacial score (nSPS) is 14.1. The number of H-pyrrole nitrogens is 2. The molecule has 11 aromatic rings. The average Bonchev–Trinajstić information content (AvgIpc) is 1.65. The molecule has 6 aliphatic rings. The number of nitrogens with one attached hydrogen (secondary N) is 3. The van der Waals surface area contributed by atoms with Gasteiger partial charge in [0.15, 0.2) is 0 Å². The van der Waals surface area contributed by atoms with Gasteiger partial charge in [-0.15, -0.1) is 0 Å². The van der Waals surface area contributed by atoms with E-state index in [0.29, 0.717) is 40.0 Å². The van der Waals surface area contributed by atoms with E-state index in [2.05, 4.69) is 545 Å². The molecule has 17 rings (SSSR count). The lowest BCUT2D eigenvalue weighted by molar-refractivity contribution is -0.129. The third-order valence-corrected chi connectivity index (χ3v) is 24.7. The van der Waals surface area contributed by atoms with Crippen LogP contribution in [0.4, 0.5) is 5.69 Å². The standard InChI is InChI=1S/C13H16.C12H15NO.C11H14N2.C11H16.2C10H14.2C9H13N.C9H14.C8H13N.C8H12S.C7H12N2.C7H13NO.C6H11N3/c1-13(2,3)12-9-8-10-6-4-5-7-11(10)12;1-12(2,3)9-5-4-8-6-11(14)13-10(8)7-9;1-11(2,3)10-12-8-6-4-5-7-9(8)13-10;1-9-5-7-10(8-6-9)11(2,3)4;2*1-10(2,3)9-7-5-4-6-8-9;1-9(2,3)8-4-6-10-7-5-8;1-9(2,3)8-6-4-5-7-10-8;1-9(2,3)8-6-4-5-7-8;1-8(2,3)7-5-4-6-9-7;1-8(2,3)7-4-5-9-6-7;1-7(2,3)6-8-4-5-9-6;1-6(2)8-5-3-4-7(8)9;1-6(2,3)5-7-4-8-9-5/h4-7,9H,8H2,1-3H3;4-5,7H,6H2,1-3H3,(H,13,14);4-7H,1-3H3,(H,12,13);5-8H,1-4H3;2*4-8H,1-3H3;2*4-7H,1-3H3;4,6-7H,5H2,1-3H3;4-5H,6H2,1-3H3;4-6H,1-3H3;4H,5H2,1-3H3;6H,3-5H2,1-2H3;4H,1-3H3,(H,7,8,9).